The Labute approximate surface area is 192 Å². The van der Waals surface area contributed by atoms with Crippen LogP contribution in [-0.2, 0) is 11.2 Å². The van der Waals surface area contributed by atoms with Gasteiger partial charge in [0.15, 0.2) is 0 Å². The number of H-pyrrole nitrogens is 1. The molecule has 2 aliphatic heterocycles. The second-order valence-corrected chi connectivity index (χ2v) is 8.87. The van der Waals surface area contributed by atoms with E-state index in [0.29, 0.717) is 37.6 Å². The average molecular weight is 484 g/mol. The minimum atomic E-state index is -3.08. The first kappa shape index (κ1) is 22.3. The van der Waals surface area contributed by atoms with Crippen LogP contribution < -0.4 is 4.90 Å². The maximum Gasteiger partial charge on any atom is 0.297 e. The van der Waals surface area contributed by atoms with Crippen LogP contribution in [-0.4, -0.2) is 39.7 Å². The van der Waals surface area contributed by atoms with E-state index in [-0.39, 0.29) is 17.9 Å². The van der Waals surface area contributed by atoms with E-state index in [2.05, 4.69) is 19.9 Å². The zero-order chi connectivity index (χ0) is 23.1. The van der Waals surface area contributed by atoms with Crippen LogP contribution >= 0.6 is 11.6 Å². The molecule has 0 radical (unpaired) electrons. The van der Waals surface area contributed by atoms with Gasteiger partial charge in [0.25, 0.3) is 12.9 Å². The summed E-state index contributed by atoms with van der Waals surface area (Å²) < 4.78 is 59.2. The standard InChI is InChI=1S/C22H22ClF4N5O/c23-12-3-4-15-14(9-12)13-5-6-32(16(17(13)28-15)8-11-2-1-7-33-10-11)22-30-20(18(24)25)29-21(31-22)19(26)27/h3-4,9,11,16,18-19,28H,1-2,5-8,10H2/t11-,16+/m1/s1. The number of hydrogen-bond acceptors (Lipinski definition) is 5. The number of aromatic nitrogens is 4. The molecule has 5 rings (SSSR count). The number of nitrogens with one attached hydrogen (secondary N) is 1. The van der Waals surface area contributed by atoms with E-state index in [1.807, 2.05) is 12.1 Å². The number of nitrogens with zero attached hydrogens (tertiary/aromatic N) is 4. The Balaban J connectivity index is 1.60. The average Bonchev–Trinajstić information content (AvgIpc) is 3.18. The van der Waals surface area contributed by atoms with Crippen LogP contribution in [0.2, 0.25) is 5.02 Å². The number of anilines is 1. The third-order valence-electron chi connectivity index (χ3n) is 6.33. The number of halogens is 5. The third-order valence-corrected chi connectivity index (χ3v) is 6.57. The highest BCUT2D eigenvalue weighted by atomic mass is 35.5. The van der Waals surface area contributed by atoms with Gasteiger partial charge in [-0.25, -0.2) is 22.5 Å². The van der Waals surface area contributed by atoms with Gasteiger partial charge in [0, 0.05) is 41.4 Å². The lowest BCUT2D eigenvalue weighted by Gasteiger charge is -2.38. The summed E-state index contributed by atoms with van der Waals surface area (Å²) in [7, 11) is 0. The Morgan fingerprint density at radius 1 is 1.12 bits per heavy atom. The van der Waals surface area contributed by atoms with Crippen molar-refractivity contribution in [2.45, 2.75) is 44.6 Å². The van der Waals surface area contributed by atoms with E-state index >= 15 is 0 Å². The fourth-order valence-electron chi connectivity index (χ4n) is 4.85. The molecule has 1 saturated heterocycles. The normalized spacial score (nSPS) is 21.2. The third kappa shape index (κ3) is 4.38. The summed E-state index contributed by atoms with van der Waals surface area (Å²) in [6.45, 7) is 1.69. The molecule has 2 atom stereocenters. The first-order valence-corrected chi connectivity index (χ1v) is 11.2. The molecule has 0 amide bonds. The predicted octanol–water partition coefficient (Wildman–Crippen LogP) is 5.80. The summed E-state index contributed by atoms with van der Waals surface area (Å²) in [6, 6.07) is 5.28. The second kappa shape index (κ2) is 9.06. The number of aromatic amines is 1. The minimum Gasteiger partial charge on any atom is -0.381 e. The maximum atomic E-state index is 13.4. The molecule has 2 aromatic heterocycles. The fraction of sp³-hybridized carbons (Fsp3) is 0.500. The molecule has 0 spiro atoms. The van der Waals surface area contributed by atoms with Gasteiger partial charge in [-0.1, -0.05) is 11.6 Å². The molecule has 0 aliphatic carbocycles. The van der Waals surface area contributed by atoms with Crippen LogP contribution in [0.3, 0.4) is 0 Å². The lowest BCUT2D eigenvalue weighted by Crippen LogP contribution is -2.39. The molecule has 0 bridgehead atoms. The quantitative estimate of drug-likeness (QED) is 0.464. The second-order valence-electron chi connectivity index (χ2n) is 8.44. The molecule has 1 fully saturated rings. The van der Waals surface area contributed by atoms with Gasteiger partial charge >= 0.3 is 0 Å². The van der Waals surface area contributed by atoms with Crippen molar-refractivity contribution >= 4 is 28.5 Å². The van der Waals surface area contributed by atoms with E-state index in [9.17, 15) is 17.6 Å². The van der Waals surface area contributed by atoms with Gasteiger partial charge in [0.1, 0.15) is 0 Å². The van der Waals surface area contributed by atoms with Crippen molar-refractivity contribution in [3.8, 4) is 0 Å². The zero-order valence-electron chi connectivity index (χ0n) is 17.6. The Kier molecular flexibility index (Phi) is 6.13. The molecule has 3 aromatic rings. The van der Waals surface area contributed by atoms with Gasteiger partial charge in [0.05, 0.1) is 6.04 Å². The molecule has 4 heterocycles. The maximum absolute atomic E-state index is 13.4. The number of ether oxygens (including phenoxy) is 1. The molecular formula is C22H22ClF4N5O. The van der Waals surface area contributed by atoms with E-state index < -0.39 is 24.5 Å². The van der Waals surface area contributed by atoms with Gasteiger partial charge in [-0.3, -0.25) is 0 Å². The summed E-state index contributed by atoms with van der Waals surface area (Å²) in [4.78, 5) is 16.2. The van der Waals surface area contributed by atoms with Gasteiger partial charge in [-0.15, -0.1) is 0 Å². The van der Waals surface area contributed by atoms with Gasteiger partial charge in [-0.2, -0.15) is 9.97 Å². The predicted molar refractivity (Wildman–Crippen MR) is 115 cm³/mol. The molecule has 33 heavy (non-hydrogen) atoms. The van der Waals surface area contributed by atoms with Crippen molar-refractivity contribution in [1.29, 1.82) is 0 Å². The topological polar surface area (TPSA) is 66.9 Å². The largest absolute Gasteiger partial charge is 0.381 e. The number of rotatable bonds is 5. The van der Waals surface area contributed by atoms with Crippen molar-refractivity contribution in [2.24, 2.45) is 5.92 Å². The van der Waals surface area contributed by atoms with Crippen molar-refractivity contribution in [1.82, 2.24) is 19.9 Å². The molecule has 11 heteroatoms. The van der Waals surface area contributed by atoms with Crippen LogP contribution in [0.15, 0.2) is 18.2 Å². The van der Waals surface area contributed by atoms with Crippen molar-refractivity contribution < 1.29 is 22.3 Å². The smallest absolute Gasteiger partial charge is 0.297 e. The molecule has 1 N–H and O–H groups in total. The molecular weight excluding hydrogens is 462 g/mol. The van der Waals surface area contributed by atoms with Crippen LogP contribution in [0, 0.1) is 5.92 Å². The zero-order valence-corrected chi connectivity index (χ0v) is 18.3. The van der Waals surface area contributed by atoms with Crippen molar-refractivity contribution in [2.75, 3.05) is 24.7 Å². The van der Waals surface area contributed by atoms with E-state index in [1.165, 1.54) is 0 Å². The Bertz CT molecular complexity index is 1130. The monoisotopic (exact) mass is 483 g/mol. The number of benzene rings is 1. The molecule has 0 unspecified atom stereocenters. The SMILES string of the molecule is FC(F)c1nc(C(F)F)nc(N2CCc3c([nH]c4ccc(Cl)cc34)[C@@H]2C[C@H]2CCCOC2)n1. The fourth-order valence-corrected chi connectivity index (χ4v) is 5.02. The summed E-state index contributed by atoms with van der Waals surface area (Å²) in [5.74, 6) is -1.80. The van der Waals surface area contributed by atoms with E-state index in [0.717, 1.165) is 35.0 Å². The number of hydrogen-bond donors (Lipinski definition) is 1. The van der Waals surface area contributed by atoms with E-state index in [1.54, 1.807) is 11.0 Å². The van der Waals surface area contributed by atoms with Gasteiger partial charge in [0.2, 0.25) is 17.6 Å². The van der Waals surface area contributed by atoms with Crippen molar-refractivity contribution in [3.63, 3.8) is 0 Å². The Morgan fingerprint density at radius 3 is 2.55 bits per heavy atom. The summed E-state index contributed by atoms with van der Waals surface area (Å²) in [5.41, 5.74) is 2.90. The Morgan fingerprint density at radius 2 is 1.88 bits per heavy atom. The first-order valence-electron chi connectivity index (χ1n) is 10.9. The van der Waals surface area contributed by atoms with Crippen LogP contribution in [0.25, 0.3) is 10.9 Å². The highest BCUT2D eigenvalue weighted by molar-refractivity contribution is 6.31. The number of fused-ring (bicyclic) bond motifs is 3. The van der Waals surface area contributed by atoms with Crippen molar-refractivity contribution in [3.05, 3.63) is 46.1 Å². The van der Waals surface area contributed by atoms with Crippen LogP contribution in [0.5, 0.6) is 0 Å². The first-order chi connectivity index (χ1) is 15.9. The molecule has 2 aliphatic rings. The van der Waals surface area contributed by atoms with Gasteiger partial charge in [-0.05, 0) is 55.4 Å². The van der Waals surface area contributed by atoms with Crippen LogP contribution in [0.4, 0.5) is 23.5 Å². The van der Waals surface area contributed by atoms with E-state index in [4.69, 9.17) is 16.3 Å². The summed E-state index contributed by atoms with van der Waals surface area (Å²) >= 11 is 6.22. The van der Waals surface area contributed by atoms with Gasteiger partial charge < -0.3 is 14.6 Å². The molecule has 6 nitrogen and oxygen atoms in total. The summed E-state index contributed by atoms with van der Waals surface area (Å²) in [5, 5.41) is 1.61. The highest BCUT2D eigenvalue weighted by Crippen LogP contribution is 2.41. The lowest BCUT2D eigenvalue weighted by atomic mass is 9.88. The lowest BCUT2D eigenvalue weighted by molar-refractivity contribution is 0.0483. The molecule has 176 valence electrons. The molecule has 1 aromatic carbocycles. The Hall–Kier alpha value is -2.46. The number of alkyl halides is 4. The highest BCUT2D eigenvalue weighted by Gasteiger charge is 2.35. The minimum absolute atomic E-state index is 0.153. The summed E-state index contributed by atoms with van der Waals surface area (Å²) in [6.07, 6.45) is -3.05. The molecule has 0 saturated carbocycles. The van der Waals surface area contributed by atoms with Crippen LogP contribution in [0.1, 0.15) is 61.1 Å².